The molecule has 0 unspecified atom stereocenters. The highest BCUT2D eigenvalue weighted by Gasteiger charge is 2.10. The van der Waals surface area contributed by atoms with E-state index in [4.69, 9.17) is 5.41 Å². The number of hydrogen-bond donors (Lipinski definition) is 1. The summed E-state index contributed by atoms with van der Waals surface area (Å²) in [6, 6.07) is 2.54. The van der Waals surface area contributed by atoms with E-state index in [1.807, 2.05) is 0 Å². The van der Waals surface area contributed by atoms with Crippen LogP contribution in [0.4, 0.5) is 0 Å². The van der Waals surface area contributed by atoms with Gasteiger partial charge in [-0.15, -0.1) is 0 Å². The van der Waals surface area contributed by atoms with E-state index in [-0.39, 0.29) is 0 Å². The molecule has 2 fully saturated rings. The molecule has 2 heteroatoms. The van der Waals surface area contributed by atoms with Crippen molar-refractivity contribution in [1.82, 2.24) is 0 Å². The van der Waals surface area contributed by atoms with E-state index in [9.17, 15) is 0 Å². The van der Waals surface area contributed by atoms with Crippen molar-refractivity contribution in [2.45, 2.75) is 77.2 Å². The van der Waals surface area contributed by atoms with Crippen LogP contribution in [0.25, 0.3) is 0 Å². The summed E-state index contributed by atoms with van der Waals surface area (Å²) in [4.78, 5) is 3.90. The van der Waals surface area contributed by atoms with E-state index in [0.29, 0.717) is 6.04 Å². The van der Waals surface area contributed by atoms with Gasteiger partial charge < -0.3 is 0 Å². The maximum atomic E-state index is 6.62. The Morgan fingerprint density at radius 3 is 1.75 bits per heavy atom. The summed E-state index contributed by atoms with van der Waals surface area (Å²) in [5.41, 5.74) is 0. The minimum Gasteiger partial charge on any atom is -0.242 e. The van der Waals surface area contributed by atoms with Gasteiger partial charge in [-0.3, -0.25) is 0 Å². The zero-order chi connectivity index (χ0) is 11.6. The third kappa shape index (κ3) is 6.07. The summed E-state index contributed by atoms with van der Waals surface area (Å²) in [7, 11) is 0. The molecule has 2 nitrogen and oxygen atoms in total. The minimum atomic E-state index is 0.427. The summed E-state index contributed by atoms with van der Waals surface area (Å²) in [5.74, 6) is 1.04. The van der Waals surface area contributed by atoms with E-state index >= 15 is 0 Å². The highest BCUT2D eigenvalue weighted by atomic mass is 14.8. The highest BCUT2D eigenvalue weighted by molar-refractivity contribution is 5.36. The van der Waals surface area contributed by atoms with Crippen molar-refractivity contribution in [1.29, 1.82) is 5.41 Å². The Hall–Kier alpha value is -0.620. The molecule has 2 saturated carbocycles. The molecule has 0 atom stereocenters. The van der Waals surface area contributed by atoms with Crippen LogP contribution in [0.15, 0.2) is 4.99 Å². The fraction of sp³-hybridized carbons (Fsp3) is 0.929. The lowest BCUT2D eigenvalue weighted by molar-refractivity contribution is 0.385. The van der Waals surface area contributed by atoms with Crippen LogP contribution in [-0.2, 0) is 0 Å². The topological polar surface area (TPSA) is 36.2 Å². The third-order valence-corrected chi connectivity index (χ3v) is 3.72. The fourth-order valence-corrected chi connectivity index (χ4v) is 2.61. The smallest absolute Gasteiger partial charge is 0.0864 e. The first-order valence-electron chi connectivity index (χ1n) is 6.94. The van der Waals surface area contributed by atoms with E-state index < -0.39 is 0 Å². The molecule has 2 aliphatic carbocycles. The molecule has 2 aliphatic rings. The predicted molar refractivity (Wildman–Crippen MR) is 69.3 cm³/mol. The first-order valence-corrected chi connectivity index (χ1v) is 6.94. The summed E-state index contributed by atoms with van der Waals surface area (Å²) >= 11 is 0. The second kappa shape index (κ2) is 8.52. The number of aliphatic imine (C=N–C) groups is 1. The molecule has 16 heavy (non-hydrogen) atoms. The largest absolute Gasteiger partial charge is 0.242 e. The molecule has 0 amide bonds. The van der Waals surface area contributed by atoms with Gasteiger partial charge in [0.15, 0.2) is 0 Å². The standard InChI is InChI=1S/C7H12N2.C7H14/c8-6-9-7-4-2-1-3-5-7;1-7-5-3-2-4-6-7/h7-8H,1-5H2;7H,2-6H2,1H3. The van der Waals surface area contributed by atoms with Crippen LogP contribution in [0.3, 0.4) is 0 Å². The average Bonchev–Trinajstić information content (AvgIpc) is 2.33. The molecule has 0 aliphatic heterocycles. The number of nitrogens with one attached hydrogen (secondary N) is 1. The maximum absolute atomic E-state index is 6.62. The average molecular weight is 222 g/mol. The van der Waals surface area contributed by atoms with Gasteiger partial charge in [0, 0.05) is 0 Å². The molecule has 0 aromatic heterocycles. The van der Waals surface area contributed by atoms with Crippen molar-refractivity contribution in [3.8, 4) is 0 Å². The van der Waals surface area contributed by atoms with Gasteiger partial charge in [-0.1, -0.05) is 58.3 Å². The number of rotatable bonds is 1. The molecule has 92 valence electrons. The van der Waals surface area contributed by atoms with Gasteiger partial charge >= 0.3 is 0 Å². The Morgan fingerprint density at radius 1 is 0.875 bits per heavy atom. The molecule has 0 aromatic rings. The van der Waals surface area contributed by atoms with Crippen LogP contribution in [0.1, 0.15) is 71.1 Å². The highest BCUT2D eigenvalue weighted by Crippen LogP contribution is 2.22. The molecule has 0 heterocycles. The van der Waals surface area contributed by atoms with Gasteiger partial charge in [-0.25, -0.2) is 10.4 Å². The van der Waals surface area contributed by atoms with Crippen molar-refractivity contribution in [3.05, 3.63) is 0 Å². The zero-order valence-corrected chi connectivity index (χ0v) is 10.7. The normalized spacial score (nSPS) is 22.8. The number of hydrogen-bond acceptors (Lipinski definition) is 2. The Bertz CT molecular complexity index is 207. The van der Waals surface area contributed by atoms with Crippen molar-refractivity contribution in [2.75, 3.05) is 0 Å². The van der Waals surface area contributed by atoms with Gasteiger partial charge in [-0.05, 0) is 18.8 Å². The summed E-state index contributed by atoms with van der Waals surface area (Å²) in [6.07, 6.45) is 13.7. The van der Waals surface area contributed by atoms with Gasteiger partial charge in [0.2, 0.25) is 0 Å². The lowest BCUT2D eigenvalue weighted by Crippen LogP contribution is -2.08. The van der Waals surface area contributed by atoms with Crippen LogP contribution in [0.5, 0.6) is 0 Å². The molecule has 1 N–H and O–H groups in total. The van der Waals surface area contributed by atoms with Gasteiger partial charge in [-0.2, -0.15) is 0 Å². The Labute approximate surface area is 100 Å². The summed E-state index contributed by atoms with van der Waals surface area (Å²) in [5, 5.41) is 6.62. The van der Waals surface area contributed by atoms with Crippen LogP contribution >= 0.6 is 0 Å². The third-order valence-electron chi connectivity index (χ3n) is 3.72. The van der Waals surface area contributed by atoms with Crippen LogP contribution < -0.4 is 0 Å². The van der Waals surface area contributed by atoms with Crippen LogP contribution in [0, 0.1) is 11.3 Å². The molecule has 0 radical (unpaired) electrons. The van der Waals surface area contributed by atoms with Crippen LogP contribution in [-0.4, -0.2) is 12.1 Å². The van der Waals surface area contributed by atoms with E-state index in [2.05, 4.69) is 17.9 Å². The van der Waals surface area contributed by atoms with Gasteiger partial charge in [0.1, 0.15) is 0 Å². The van der Waals surface area contributed by atoms with Gasteiger partial charge in [0.05, 0.1) is 12.1 Å². The molecule has 0 saturated heterocycles. The predicted octanol–water partition coefficient (Wildman–Crippen LogP) is 4.66. The molecule has 0 bridgehead atoms. The molecule has 0 aromatic carbocycles. The van der Waals surface area contributed by atoms with Gasteiger partial charge in [0.25, 0.3) is 0 Å². The SMILES string of the molecule is CC1CCCCC1.N=C=NC1CCCCC1. The minimum absolute atomic E-state index is 0.427. The number of nitrogens with zero attached hydrogens (tertiary/aromatic N) is 1. The van der Waals surface area contributed by atoms with Crippen molar-refractivity contribution in [3.63, 3.8) is 0 Å². The second-order valence-electron chi connectivity index (χ2n) is 5.28. The fourth-order valence-electron chi connectivity index (χ4n) is 2.61. The van der Waals surface area contributed by atoms with Crippen molar-refractivity contribution in [2.24, 2.45) is 10.9 Å². The second-order valence-corrected chi connectivity index (χ2v) is 5.28. The van der Waals surface area contributed by atoms with Crippen LogP contribution in [0.2, 0.25) is 0 Å². The Morgan fingerprint density at radius 2 is 1.38 bits per heavy atom. The Balaban J connectivity index is 0.000000165. The zero-order valence-electron chi connectivity index (χ0n) is 10.7. The lowest BCUT2D eigenvalue weighted by Gasteiger charge is -2.15. The molecular formula is C14H26N2. The molecule has 0 spiro atoms. The molecular weight excluding hydrogens is 196 g/mol. The van der Waals surface area contributed by atoms with E-state index in [0.717, 1.165) is 5.92 Å². The van der Waals surface area contributed by atoms with Crippen molar-refractivity contribution >= 4 is 6.01 Å². The lowest BCUT2D eigenvalue weighted by atomic mass is 9.91. The monoisotopic (exact) mass is 222 g/mol. The summed E-state index contributed by atoms with van der Waals surface area (Å²) in [6.45, 7) is 2.36. The Kier molecular flexibility index (Phi) is 7.16. The van der Waals surface area contributed by atoms with E-state index in [1.54, 1.807) is 0 Å². The molecule has 2 rings (SSSR count). The first-order chi connectivity index (χ1) is 7.83. The maximum Gasteiger partial charge on any atom is 0.0864 e. The summed E-state index contributed by atoms with van der Waals surface area (Å²) < 4.78 is 0. The quantitative estimate of drug-likeness (QED) is 0.627. The van der Waals surface area contributed by atoms with Crippen molar-refractivity contribution < 1.29 is 0 Å². The first kappa shape index (κ1) is 13.4. The van der Waals surface area contributed by atoms with E-state index in [1.165, 1.54) is 64.2 Å².